The average molecular weight is 641 g/mol. The highest BCUT2D eigenvalue weighted by Crippen LogP contribution is 2.20. The van der Waals surface area contributed by atoms with Crippen LogP contribution in [0.25, 0.3) is 0 Å². The van der Waals surface area contributed by atoms with Gasteiger partial charge in [0.05, 0.1) is 18.2 Å². The van der Waals surface area contributed by atoms with Crippen LogP contribution in [0.5, 0.6) is 0 Å². The maximum atomic E-state index is 13.9. The number of carbonyl (C=O) groups is 3. The maximum Gasteiger partial charge on any atom is 0.407 e. The van der Waals surface area contributed by atoms with Gasteiger partial charge in [-0.3, -0.25) is 9.59 Å². The minimum absolute atomic E-state index is 0.0308. The Morgan fingerprint density at radius 1 is 0.826 bits per heavy atom. The van der Waals surface area contributed by atoms with Crippen molar-refractivity contribution in [3.63, 3.8) is 0 Å². The van der Waals surface area contributed by atoms with E-state index >= 15 is 0 Å². The molecular weight excluding hydrogens is 584 g/mol. The number of ether oxygens (including phenoxy) is 1. The fourth-order valence-corrected chi connectivity index (χ4v) is 5.23. The van der Waals surface area contributed by atoms with Crippen LogP contribution in [0.2, 0.25) is 0 Å². The Morgan fingerprint density at radius 3 is 1.87 bits per heavy atom. The van der Waals surface area contributed by atoms with Crippen molar-refractivity contribution in [2.45, 2.75) is 97.6 Å². The summed E-state index contributed by atoms with van der Waals surface area (Å²) in [4.78, 5) is 42.0. The molecule has 0 heterocycles. The van der Waals surface area contributed by atoms with E-state index in [-0.39, 0.29) is 30.7 Å². The van der Waals surface area contributed by atoms with E-state index in [0.717, 1.165) is 24.2 Å². The highest BCUT2D eigenvalue weighted by atomic mass is 16.6. The van der Waals surface area contributed by atoms with Gasteiger partial charge in [0.2, 0.25) is 11.8 Å². The third-order valence-corrected chi connectivity index (χ3v) is 7.81. The minimum atomic E-state index is -1.10. The van der Waals surface area contributed by atoms with Crippen molar-refractivity contribution in [3.05, 3.63) is 71.8 Å². The van der Waals surface area contributed by atoms with E-state index in [2.05, 4.69) is 20.9 Å². The zero-order valence-electron chi connectivity index (χ0n) is 28.7. The molecule has 5 N–H and O–H groups in total. The van der Waals surface area contributed by atoms with Gasteiger partial charge in [-0.25, -0.2) is 4.79 Å². The Kier molecular flexibility index (Phi) is 16.2. The number of aliphatic hydroxyl groups is 2. The summed E-state index contributed by atoms with van der Waals surface area (Å²) in [6, 6.07) is 17.4. The summed E-state index contributed by atoms with van der Waals surface area (Å²) >= 11 is 0. The number of hydrogen-bond acceptors (Lipinski definition) is 7. The van der Waals surface area contributed by atoms with E-state index in [1.165, 1.54) is 0 Å². The lowest BCUT2D eigenvalue weighted by atomic mass is 9.88. The van der Waals surface area contributed by atoms with E-state index in [1.807, 2.05) is 88.4 Å². The molecule has 0 saturated carbocycles. The number of nitrogens with zero attached hydrogens (tertiary/aromatic N) is 1. The molecule has 10 nitrogen and oxygen atoms in total. The summed E-state index contributed by atoms with van der Waals surface area (Å²) in [6.07, 6.45) is -1.82. The SMILES string of the molecule is CCN(CC)CC(O)CNC(=O)[C@@H](NC(=O)[C@H](Cc1ccccc1)C[C@H](O)[C@H](Cc1ccccc1)NC(=O)OC(C)(C)C)C(C)C. The van der Waals surface area contributed by atoms with Crippen LogP contribution in [-0.4, -0.2) is 89.1 Å². The van der Waals surface area contributed by atoms with E-state index in [9.17, 15) is 24.6 Å². The van der Waals surface area contributed by atoms with Crippen molar-refractivity contribution in [1.82, 2.24) is 20.9 Å². The molecule has 0 spiro atoms. The third-order valence-electron chi connectivity index (χ3n) is 7.81. The van der Waals surface area contributed by atoms with Crippen LogP contribution < -0.4 is 16.0 Å². The van der Waals surface area contributed by atoms with Crippen LogP contribution in [0.3, 0.4) is 0 Å². The highest BCUT2D eigenvalue weighted by Gasteiger charge is 2.33. The molecular formula is C36H56N4O6. The Labute approximate surface area is 275 Å². The van der Waals surface area contributed by atoms with Gasteiger partial charge in [-0.15, -0.1) is 0 Å². The molecule has 10 heteroatoms. The summed E-state index contributed by atoms with van der Waals surface area (Å²) in [5, 5.41) is 30.6. The predicted molar refractivity (Wildman–Crippen MR) is 181 cm³/mol. The summed E-state index contributed by atoms with van der Waals surface area (Å²) in [5.41, 5.74) is 1.08. The molecule has 0 aliphatic rings. The van der Waals surface area contributed by atoms with Gasteiger partial charge >= 0.3 is 6.09 Å². The van der Waals surface area contributed by atoms with Crippen LogP contribution in [0.4, 0.5) is 4.79 Å². The van der Waals surface area contributed by atoms with Crippen molar-refractivity contribution in [3.8, 4) is 0 Å². The second-order valence-electron chi connectivity index (χ2n) is 13.2. The normalized spacial score (nSPS) is 15.0. The number of likely N-dealkylation sites (N-methyl/N-ethyl adjacent to an activating group) is 1. The molecule has 0 saturated heterocycles. The standard InChI is InChI=1S/C36H56N4O6/c1-8-40(9-2)24-29(41)23-37-34(44)32(25(3)4)39-33(43)28(20-26-16-12-10-13-17-26)22-31(42)30(21-27-18-14-11-15-19-27)38-35(45)46-36(5,6)7/h10-19,25,28-32,41-42H,8-9,20-24H2,1-7H3,(H,37,44)(H,38,45)(H,39,43)/t28-,29?,30+,31+,32+/m1/s1. The first-order valence-electron chi connectivity index (χ1n) is 16.5. The third kappa shape index (κ3) is 14.3. The number of rotatable bonds is 18. The number of benzene rings is 2. The molecule has 2 rings (SSSR count). The number of nitrogens with one attached hydrogen (secondary N) is 3. The Bertz CT molecular complexity index is 1180. The molecule has 0 aliphatic heterocycles. The first-order chi connectivity index (χ1) is 21.7. The van der Waals surface area contributed by atoms with Crippen molar-refractivity contribution in [2.75, 3.05) is 26.2 Å². The van der Waals surface area contributed by atoms with Crippen LogP contribution in [0, 0.1) is 11.8 Å². The summed E-state index contributed by atoms with van der Waals surface area (Å²) in [7, 11) is 0. The van der Waals surface area contributed by atoms with Crippen molar-refractivity contribution >= 4 is 17.9 Å². The lowest BCUT2D eigenvalue weighted by molar-refractivity contribution is -0.133. The molecule has 0 aliphatic carbocycles. The number of hydrogen-bond donors (Lipinski definition) is 5. The molecule has 0 bridgehead atoms. The van der Waals surface area contributed by atoms with Gasteiger partial charge in [0.1, 0.15) is 11.6 Å². The first kappa shape index (κ1) is 38.7. The molecule has 5 atom stereocenters. The quantitative estimate of drug-likeness (QED) is 0.167. The van der Waals surface area contributed by atoms with E-state index in [1.54, 1.807) is 20.8 Å². The zero-order chi connectivity index (χ0) is 34.3. The summed E-state index contributed by atoms with van der Waals surface area (Å²) < 4.78 is 5.48. The molecule has 1 unspecified atom stereocenters. The van der Waals surface area contributed by atoms with Crippen molar-refractivity contribution < 1.29 is 29.3 Å². The van der Waals surface area contributed by atoms with Gasteiger partial charge in [0.25, 0.3) is 0 Å². The fourth-order valence-electron chi connectivity index (χ4n) is 5.23. The Balaban J connectivity index is 2.25. The number of carbonyl (C=O) groups excluding carboxylic acids is 3. The average Bonchev–Trinajstić information content (AvgIpc) is 3.00. The zero-order valence-corrected chi connectivity index (χ0v) is 28.7. The van der Waals surface area contributed by atoms with Crippen molar-refractivity contribution in [1.29, 1.82) is 0 Å². The topological polar surface area (TPSA) is 140 Å². The Morgan fingerprint density at radius 2 is 1.37 bits per heavy atom. The van der Waals surface area contributed by atoms with Crippen LogP contribution in [-0.2, 0) is 27.2 Å². The molecule has 0 fully saturated rings. The maximum absolute atomic E-state index is 13.9. The second-order valence-corrected chi connectivity index (χ2v) is 13.2. The van der Waals surface area contributed by atoms with Gasteiger partial charge in [0, 0.05) is 19.0 Å². The minimum Gasteiger partial charge on any atom is -0.444 e. The van der Waals surface area contributed by atoms with E-state index in [0.29, 0.717) is 19.4 Å². The molecule has 0 aromatic heterocycles. The van der Waals surface area contributed by atoms with E-state index < -0.39 is 41.9 Å². The van der Waals surface area contributed by atoms with Gasteiger partial charge in [-0.05, 0) is 70.2 Å². The lowest BCUT2D eigenvalue weighted by Crippen LogP contribution is -2.54. The Hall–Kier alpha value is -3.47. The number of aliphatic hydroxyl groups excluding tert-OH is 2. The molecule has 2 aromatic carbocycles. The first-order valence-corrected chi connectivity index (χ1v) is 16.5. The highest BCUT2D eigenvalue weighted by molar-refractivity contribution is 5.88. The molecule has 3 amide bonds. The van der Waals surface area contributed by atoms with Crippen LogP contribution in [0.1, 0.15) is 66.0 Å². The molecule has 256 valence electrons. The van der Waals surface area contributed by atoms with Gasteiger partial charge in [-0.1, -0.05) is 88.4 Å². The second kappa shape index (κ2) is 19.3. The largest absolute Gasteiger partial charge is 0.444 e. The van der Waals surface area contributed by atoms with E-state index in [4.69, 9.17) is 4.74 Å². The van der Waals surface area contributed by atoms with Gasteiger partial charge in [0.15, 0.2) is 0 Å². The molecule has 2 aromatic rings. The van der Waals surface area contributed by atoms with Crippen molar-refractivity contribution in [2.24, 2.45) is 11.8 Å². The van der Waals surface area contributed by atoms with Gasteiger partial charge < -0.3 is 35.8 Å². The lowest BCUT2D eigenvalue weighted by Gasteiger charge is -2.30. The molecule has 46 heavy (non-hydrogen) atoms. The summed E-state index contributed by atoms with van der Waals surface area (Å²) in [6.45, 7) is 15.1. The number of alkyl carbamates (subject to hydrolysis) is 1. The summed E-state index contributed by atoms with van der Waals surface area (Å²) in [5.74, 6) is -1.70. The smallest absolute Gasteiger partial charge is 0.407 e. The predicted octanol–water partition coefficient (Wildman–Crippen LogP) is 3.69. The molecule has 0 radical (unpaired) electrons. The van der Waals surface area contributed by atoms with Crippen LogP contribution in [0.15, 0.2) is 60.7 Å². The fraction of sp³-hybridized carbons (Fsp3) is 0.583. The number of amides is 3. The van der Waals surface area contributed by atoms with Crippen LogP contribution >= 0.6 is 0 Å². The monoisotopic (exact) mass is 640 g/mol. The van der Waals surface area contributed by atoms with Gasteiger partial charge in [-0.2, -0.15) is 0 Å².